The number of carbonyl (C=O) groups is 1. The Labute approximate surface area is 188 Å². The van der Waals surface area contributed by atoms with Gasteiger partial charge in [0.05, 0.1) is 0 Å². The highest BCUT2D eigenvalue weighted by Crippen LogP contribution is 2.26. The third-order valence-corrected chi connectivity index (χ3v) is 5.26. The van der Waals surface area contributed by atoms with Gasteiger partial charge in [-0.2, -0.15) is 0 Å². The Bertz CT molecular complexity index is 1080. The van der Waals surface area contributed by atoms with E-state index in [9.17, 15) is 4.79 Å². The quantitative estimate of drug-likeness (QED) is 0.329. The first-order chi connectivity index (χ1) is 13.8. The van der Waals surface area contributed by atoms with Gasteiger partial charge < -0.3 is 14.5 Å². The van der Waals surface area contributed by atoms with Crippen LogP contribution in [0, 0.1) is 15.3 Å². The van der Waals surface area contributed by atoms with Gasteiger partial charge in [-0.3, -0.25) is 4.79 Å². The zero-order valence-corrected chi connectivity index (χ0v) is 19.4. The first kappa shape index (κ1) is 21.5. The summed E-state index contributed by atoms with van der Waals surface area (Å²) in [5.41, 5.74) is 2.90. The molecule has 0 radical (unpaired) electrons. The molecular weight excluding hydrogens is 501 g/mol. The molecular formula is C21H22IN3O3S. The van der Waals surface area contributed by atoms with Gasteiger partial charge in [0.15, 0.2) is 6.61 Å². The van der Waals surface area contributed by atoms with Crippen molar-refractivity contribution < 1.29 is 13.9 Å². The van der Waals surface area contributed by atoms with E-state index in [-0.39, 0.29) is 23.9 Å². The Hall–Kier alpha value is -2.20. The van der Waals surface area contributed by atoms with Crippen LogP contribution in [-0.2, 0) is 17.9 Å². The van der Waals surface area contributed by atoms with Crippen LogP contribution in [0.1, 0.15) is 36.8 Å². The number of hydrogen-bond acceptors (Lipinski definition) is 5. The highest BCUT2D eigenvalue weighted by Gasteiger charge is 2.14. The molecule has 1 N–H and O–H groups in total. The standard InChI is InChI=1S/C21H22IN3O3S/c1-13(2)16-10-15(22)8-9-17(16)23-19(26)11-25-21(29)28-20(24-25)12-27-18-7-5-4-6-14(18)3/h4-10,13H,11-12H2,1-3H3,(H,23,26). The molecule has 29 heavy (non-hydrogen) atoms. The Morgan fingerprint density at radius 2 is 2.07 bits per heavy atom. The van der Waals surface area contributed by atoms with E-state index in [1.807, 2.05) is 43.3 Å². The summed E-state index contributed by atoms with van der Waals surface area (Å²) in [4.78, 5) is 12.7. The number of carbonyl (C=O) groups excluding carboxylic acids is 1. The lowest BCUT2D eigenvalue weighted by molar-refractivity contribution is -0.117. The molecule has 1 heterocycles. The van der Waals surface area contributed by atoms with Gasteiger partial charge in [0.2, 0.25) is 5.91 Å². The molecule has 2 aromatic carbocycles. The second-order valence-corrected chi connectivity index (χ2v) is 8.50. The van der Waals surface area contributed by atoms with Gasteiger partial charge in [-0.1, -0.05) is 32.0 Å². The summed E-state index contributed by atoms with van der Waals surface area (Å²) in [5.74, 6) is 1.15. The van der Waals surface area contributed by atoms with Crippen LogP contribution in [0.3, 0.4) is 0 Å². The van der Waals surface area contributed by atoms with E-state index in [0.717, 1.165) is 26.1 Å². The second kappa shape index (κ2) is 9.53. The summed E-state index contributed by atoms with van der Waals surface area (Å²) in [5, 5.41) is 7.21. The molecule has 0 aliphatic rings. The van der Waals surface area contributed by atoms with Crippen molar-refractivity contribution in [2.75, 3.05) is 5.32 Å². The van der Waals surface area contributed by atoms with Crippen LogP contribution in [0.4, 0.5) is 5.69 Å². The molecule has 0 aliphatic heterocycles. The number of nitrogens with one attached hydrogen (secondary N) is 1. The number of amides is 1. The average molecular weight is 523 g/mol. The molecule has 8 heteroatoms. The summed E-state index contributed by atoms with van der Waals surface area (Å²) >= 11 is 7.46. The van der Waals surface area contributed by atoms with Crippen molar-refractivity contribution in [1.82, 2.24) is 9.78 Å². The van der Waals surface area contributed by atoms with Crippen molar-refractivity contribution >= 4 is 46.4 Å². The fourth-order valence-electron chi connectivity index (χ4n) is 2.82. The van der Waals surface area contributed by atoms with Crippen molar-refractivity contribution in [3.05, 3.63) is 67.9 Å². The Morgan fingerprint density at radius 3 is 2.79 bits per heavy atom. The maximum absolute atomic E-state index is 12.5. The predicted octanol–water partition coefficient (Wildman–Crippen LogP) is 5.46. The number of hydrogen-bond donors (Lipinski definition) is 1. The predicted molar refractivity (Wildman–Crippen MR) is 123 cm³/mol. The molecule has 0 saturated carbocycles. The van der Waals surface area contributed by atoms with Gasteiger partial charge in [0.25, 0.3) is 10.7 Å². The van der Waals surface area contributed by atoms with Gasteiger partial charge in [-0.15, -0.1) is 5.10 Å². The molecule has 0 spiro atoms. The van der Waals surface area contributed by atoms with Crippen LogP contribution in [-0.4, -0.2) is 15.7 Å². The molecule has 0 atom stereocenters. The summed E-state index contributed by atoms with van der Waals surface area (Å²) in [6, 6.07) is 13.6. The number of aryl methyl sites for hydroxylation is 1. The summed E-state index contributed by atoms with van der Waals surface area (Å²) in [7, 11) is 0. The monoisotopic (exact) mass is 523 g/mol. The van der Waals surface area contributed by atoms with E-state index in [2.05, 4.69) is 52.9 Å². The molecule has 3 rings (SSSR count). The minimum Gasteiger partial charge on any atom is -0.484 e. The molecule has 3 aromatic rings. The van der Waals surface area contributed by atoms with E-state index in [1.165, 1.54) is 4.68 Å². The lowest BCUT2D eigenvalue weighted by atomic mass is 10.0. The van der Waals surface area contributed by atoms with E-state index in [4.69, 9.17) is 21.4 Å². The molecule has 0 saturated heterocycles. The largest absolute Gasteiger partial charge is 0.484 e. The summed E-state index contributed by atoms with van der Waals surface area (Å²) in [6.45, 7) is 6.25. The Morgan fingerprint density at radius 1 is 1.31 bits per heavy atom. The number of para-hydroxylation sites is 1. The van der Waals surface area contributed by atoms with Crippen molar-refractivity contribution in [3.8, 4) is 5.75 Å². The van der Waals surface area contributed by atoms with Gasteiger partial charge in [-0.25, -0.2) is 4.68 Å². The van der Waals surface area contributed by atoms with Gasteiger partial charge in [0, 0.05) is 9.26 Å². The third-order valence-electron chi connectivity index (χ3n) is 4.30. The van der Waals surface area contributed by atoms with Crippen molar-refractivity contribution in [2.45, 2.75) is 39.8 Å². The zero-order chi connectivity index (χ0) is 21.0. The van der Waals surface area contributed by atoms with Crippen molar-refractivity contribution in [3.63, 3.8) is 0 Å². The first-order valence-corrected chi connectivity index (χ1v) is 10.7. The van der Waals surface area contributed by atoms with Gasteiger partial charge >= 0.3 is 0 Å². The molecule has 1 aromatic heterocycles. The molecule has 0 unspecified atom stereocenters. The first-order valence-electron chi connectivity index (χ1n) is 9.18. The number of rotatable bonds is 7. The Kier molecular flexibility index (Phi) is 7.07. The summed E-state index contributed by atoms with van der Waals surface area (Å²) < 4.78 is 13.7. The molecule has 0 bridgehead atoms. The minimum atomic E-state index is -0.219. The topological polar surface area (TPSA) is 69.3 Å². The van der Waals surface area contributed by atoms with Crippen LogP contribution in [0.5, 0.6) is 5.75 Å². The number of aromatic nitrogens is 2. The average Bonchev–Trinajstić information content (AvgIpc) is 3.01. The summed E-state index contributed by atoms with van der Waals surface area (Å²) in [6.07, 6.45) is 0. The molecule has 152 valence electrons. The SMILES string of the molecule is Cc1ccccc1OCc1nn(CC(=O)Nc2ccc(I)cc2C(C)C)c(=S)o1. The van der Waals surface area contributed by atoms with E-state index in [1.54, 1.807) is 0 Å². The van der Waals surface area contributed by atoms with E-state index < -0.39 is 0 Å². The van der Waals surface area contributed by atoms with Crippen LogP contribution in [0.15, 0.2) is 46.9 Å². The second-order valence-electron chi connectivity index (χ2n) is 6.91. The minimum absolute atomic E-state index is 0.0315. The van der Waals surface area contributed by atoms with Crippen LogP contribution in [0.25, 0.3) is 0 Å². The number of nitrogens with zero attached hydrogens (tertiary/aromatic N) is 2. The lowest BCUT2D eigenvalue weighted by Crippen LogP contribution is -2.20. The highest BCUT2D eigenvalue weighted by molar-refractivity contribution is 14.1. The van der Waals surface area contributed by atoms with E-state index in [0.29, 0.717) is 11.8 Å². The van der Waals surface area contributed by atoms with Gasteiger partial charge in [-0.05, 0) is 83.0 Å². The Balaban J connectivity index is 1.66. The van der Waals surface area contributed by atoms with Crippen molar-refractivity contribution in [1.29, 1.82) is 0 Å². The maximum Gasteiger partial charge on any atom is 0.287 e. The number of anilines is 1. The number of ether oxygens (including phenoxy) is 1. The fraction of sp³-hybridized carbons (Fsp3) is 0.286. The number of benzene rings is 2. The molecule has 0 fully saturated rings. The molecule has 0 aliphatic carbocycles. The zero-order valence-electron chi connectivity index (χ0n) is 16.4. The maximum atomic E-state index is 12.5. The normalized spacial score (nSPS) is 10.9. The van der Waals surface area contributed by atoms with Crippen LogP contribution < -0.4 is 10.1 Å². The lowest BCUT2D eigenvalue weighted by Gasteiger charge is -2.14. The van der Waals surface area contributed by atoms with Gasteiger partial charge in [0.1, 0.15) is 12.3 Å². The molecule has 1 amide bonds. The van der Waals surface area contributed by atoms with Crippen molar-refractivity contribution in [2.24, 2.45) is 0 Å². The van der Waals surface area contributed by atoms with Crippen LogP contribution in [0.2, 0.25) is 0 Å². The third kappa shape index (κ3) is 5.66. The smallest absolute Gasteiger partial charge is 0.287 e. The highest BCUT2D eigenvalue weighted by atomic mass is 127. The van der Waals surface area contributed by atoms with Crippen LogP contribution >= 0.6 is 34.8 Å². The fourth-order valence-corrected chi connectivity index (χ4v) is 3.53. The number of halogens is 1. The molecule has 6 nitrogen and oxygen atoms in total. The van der Waals surface area contributed by atoms with E-state index >= 15 is 0 Å².